The Hall–Kier alpha value is -0.970. The van der Waals surface area contributed by atoms with Crippen LogP contribution in [0.2, 0.25) is 0 Å². The lowest BCUT2D eigenvalue weighted by Crippen LogP contribution is -2.52. The van der Waals surface area contributed by atoms with Crippen molar-refractivity contribution in [2.24, 2.45) is 0 Å². The van der Waals surface area contributed by atoms with Gasteiger partial charge in [-0.1, -0.05) is 13.3 Å². The summed E-state index contributed by atoms with van der Waals surface area (Å²) in [6.45, 7) is 6.57. The molecule has 1 fully saturated rings. The van der Waals surface area contributed by atoms with Gasteiger partial charge >= 0.3 is 6.09 Å². The van der Waals surface area contributed by atoms with Gasteiger partial charge in [0.2, 0.25) is 0 Å². The number of hydrogen-bond acceptors (Lipinski definition) is 8. The molecule has 0 aromatic heterocycles. The zero-order valence-corrected chi connectivity index (χ0v) is 15.9. The number of aliphatic hydroxyl groups is 4. The molecule has 5 N–H and O–H groups in total. The second-order valence-electron chi connectivity index (χ2n) is 7.52. The molecule has 1 heterocycles. The molecule has 1 saturated heterocycles. The summed E-state index contributed by atoms with van der Waals surface area (Å²) < 4.78 is 16.1. The van der Waals surface area contributed by atoms with Crippen LogP contribution in [0.1, 0.15) is 47.0 Å². The topological polar surface area (TPSA) is 138 Å². The Morgan fingerprint density at radius 1 is 1.35 bits per heavy atom. The van der Waals surface area contributed by atoms with E-state index in [1.54, 1.807) is 20.8 Å². The first-order chi connectivity index (χ1) is 12.1. The van der Waals surface area contributed by atoms with E-state index in [0.717, 1.165) is 0 Å². The molecule has 9 nitrogen and oxygen atoms in total. The summed E-state index contributed by atoms with van der Waals surface area (Å²) in [7, 11) is 0. The number of ether oxygens (including phenoxy) is 3. The highest BCUT2D eigenvalue weighted by atomic mass is 16.7. The Labute approximate surface area is 154 Å². The molecule has 0 aromatic carbocycles. The SMILES string of the molecule is CCC[C@@H](O)[C@H](COC1C[C@@H](O)[C@@H](O)C(CO)O1)NC(=O)OC(C)(C)C. The van der Waals surface area contributed by atoms with Crippen LogP contribution >= 0.6 is 0 Å². The molecule has 0 spiro atoms. The first-order valence-electron chi connectivity index (χ1n) is 8.99. The molecule has 0 saturated carbocycles. The highest BCUT2D eigenvalue weighted by Gasteiger charge is 2.37. The summed E-state index contributed by atoms with van der Waals surface area (Å²) in [5.41, 5.74) is -0.674. The van der Waals surface area contributed by atoms with Gasteiger partial charge in [-0.05, 0) is 27.2 Å². The molecule has 0 aromatic rings. The van der Waals surface area contributed by atoms with Crippen LogP contribution < -0.4 is 5.32 Å². The van der Waals surface area contributed by atoms with Crippen LogP contribution in [-0.2, 0) is 14.2 Å². The van der Waals surface area contributed by atoms with Crippen molar-refractivity contribution in [1.29, 1.82) is 0 Å². The van der Waals surface area contributed by atoms with E-state index in [1.165, 1.54) is 0 Å². The lowest BCUT2D eigenvalue weighted by Gasteiger charge is -2.37. The minimum atomic E-state index is -1.19. The number of alkyl carbamates (subject to hydrolysis) is 1. The molecule has 6 atom stereocenters. The van der Waals surface area contributed by atoms with E-state index >= 15 is 0 Å². The lowest BCUT2D eigenvalue weighted by molar-refractivity contribution is -0.259. The summed E-state index contributed by atoms with van der Waals surface area (Å²) in [4.78, 5) is 12.0. The Balaban J connectivity index is 2.63. The number of amides is 1. The minimum absolute atomic E-state index is 0.0146. The number of carbonyl (C=O) groups excluding carboxylic acids is 1. The first kappa shape index (κ1) is 23.1. The summed E-state index contributed by atoms with van der Waals surface area (Å²) in [5.74, 6) is 0. The smallest absolute Gasteiger partial charge is 0.408 e. The van der Waals surface area contributed by atoms with Crippen molar-refractivity contribution in [3.05, 3.63) is 0 Å². The maximum Gasteiger partial charge on any atom is 0.408 e. The van der Waals surface area contributed by atoms with Gasteiger partial charge in [0.05, 0.1) is 31.5 Å². The van der Waals surface area contributed by atoms with Crippen molar-refractivity contribution >= 4 is 6.09 Å². The van der Waals surface area contributed by atoms with Crippen molar-refractivity contribution in [2.45, 2.75) is 89.3 Å². The van der Waals surface area contributed by atoms with E-state index in [1.807, 2.05) is 6.92 Å². The predicted molar refractivity (Wildman–Crippen MR) is 92.4 cm³/mol. The molecule has 0 bridgehead atoms. The van der Waals surface area contributed by atoms with E-state index in [9.17, 15) is 25.2 Å². The minimum Gasteiger partial charge on any atom is -0.444 e. The lowest BCUT2D eigenvalue weighted by atomic mass is 10.0. The van der Waals surface area contributed by atoms with Gasteiger partial charge in [-0.15, -0.1) is 0 Å². The third-order valence-corrected chi connectivity index (χ3v) is 3.93. The van der Waals surface area contributed by atoms with Crippen molar-refractivity contribution in [2.75, 3.05) is 13.2 Å². The van der Waals surface area contributed by atoms with Crippen LogP contribution in [0.4, 0.5) is 4.79 Å². The Bertz CT molecular complexity index is 427. The molecule has 1 rings (SSSR count). The molecule has 1 aliphatic rings. The molecule has 154 valence electrons. The number of carbonyl (C=O) groups is 1. The van der Waals surface area contributed by atoms with Crippen molar-refractivity contribution in [1.82, 2.24) is 5.32 Å². The normalized spacial score (nSPS) is 29.1. The van der Waals surface area contributed by atoms with Crippen LogP contribution in [-0.4, -0.2) is 82.1 Å². The molecule has 9 heteroatoms. The van der Waals surface area contributed by atoms with Gasteiger partial charge in [0.15, 0.2) is 6.29 Å². The molecule has 1 amide bonds. The third-order valence-electron chi connectivity index (χ3n) is 3.93. The summed E-state index contributed by atoms with van der Waals surface area (Å²) >= 11 is 0. The van der Waals surface area contributed by atoms with Gasteiger partial charge in [0.25, 0.3) is 0 Å². The molecular weight excluding hydrogens is 346 g/mol. The number of aliphatic hydroxyl groups excluding tert-OH is 4. The fraction of sp³-hybridized carbons (Fsp3) is 0.941. The van der Waals surface area contributed by atoms with Crippen LogP contribution in [0.25, 0.3) is 0 Å². The first-order valence-corrected chi connectivity index (χ1v) is 8.99. The van der Waals surface area contributed by atoms with Gasteiger partial charge in [-0.25, -0.2) is 4.79 Å². The van der Waals surface area contributed by atoms with Gasteiger partial charge in [0.1, 0.15) is 17.8 Å². The van der Waals surface area contributed by atoms with E-state index in [-0.39, 0.29) is 13.0 Å². The molecular formula is C17H33NO8. The van der Waals surface area contributed by atoms with E-state index in [0.29, 0.717) is 12.8 Å². The van der Waals surface area contributed by atoms with Crippen molar-refractivity contribution in [3.63, 3.8) is 0 Å². The molecule has 1 aliphatic heterocycles. The van der Waals surface area contributed by atoms with E-state index < -0.39 is 55.0 Å². The quantitative estimate of drug-likeness (QED) is 0.394. The zero-order chi connectivity index (χ0) is 19.9. The maximum absolute atomic E-state index is 12.0. The molecule has 26 heavy (non-hydrogen) atoms. The predicted octanol–water partition coefficient (Wildman–Crippen LogP) is -0.114. The van der Waals surface area contributed by atoms with Crippen LogP contribution in [0.15, 0.2) is 0 Å². The van der Waals surface area contributed by atoms with Gasteiger partial charge in [0, 0.05) is 6.42 Å². The number of rotatable bonds is 8. The molecule has 0 aliphatic carbocycles. The van der Waals surface area contributed by atoms with Crippen LogP contribution in [0.3, 0.4) is 0 Å². The summed E-state index contributed by atoms with van der Waals surface area (Å²) in [5, 5.41) is 41.6. The highest BCUT2D eigenvalue weighted by molar-refractivity contribution is 5.68. The average molecular weight is 379 g/mol. The Kier molecular flexibility index (Phi) is 9.22. The van der Waals surface area contributed by atoms with Crippen LogP contribution in [0, 0.1) is 0 Å². The maximum atomic E-state index is 12.0. The largest absolute Gasteiger partial charge is 0.444 e. The second-order valence-corrected chi connectivity index (χ2v) is 7.52. The molecule has 0 radical (unpaired) electrons. The highest BCUT2D eigenvalue weighted by Crippen LogP contribution is 2.21. The fourth-order valence-electron chi connectivity index (χ4n) is 2.59. The summed E-state index contributed by atoms with van der Waals surface area (Å²) in [6, 6.07) is -0.732. The molecule has 2 unspecified atom stereocenters. The Morgan fingerprint density at radius 3 is 2.54 bits per heavy atom. The summed E-state index contributed by atoms with van der Waals surface area (Å²) in [6.07, 6.45) is -4.45. The van der Waals surface area contributed by atoms with Crippen molar-refractivity contribution < 1.29 is 39.4 Å². The van der Waals surface area contributed by atoms with Gasteiger partial charge in [-0.3, -0.25) is 0 Å². The number of nitrogens with one attached hydrogen (secondary N) is 1. The van der Waals surface area contributed by atoms with Gasteiger partial charge < -0.3 is 40.0 Å². The fourth-order valence-corrected chi connectivity index (χ4v) is 2.59. The average Bonchev–Trinajstić information content (AvgIpc) is 2.52. The van der Waals surface area contributed by atoms with Gasteiger partial charge in [-0.2, -0.15) is 0 Å². The Morgan fingerprint density at radius 2 is 2.00 bits per heavy atom. The van der Waals surface area contributed by atoms with E-state index in [4.69, 9.17) is 14.2 Å². The number of hydrogen-bond donors (Lipinski definition) is 5. The second kappa shape index (κ2) is 10.4. The standard InChI is InChI=1S/C17H33NO8/c1-5-6-11(20)10(18-16(23)26-17(2,3)4)9-24-14-7-12(21)15(22)13(8-19)25-14/h10-15,19-22H,5-9H2,1-4H3,(H,18,23)/t10-,11+,12+,13?,14?,15+/m0/s1. The van der Waals surface area contributed by atoms with Crippen LogP contribution in [0.5, 0.6) is 0 Å². The third kappa shape index (κ3) is 7.73. The zero-order valence-electron chi connectivity index (χ0n) is 15.9. The van der Waals surface area contributed by atoms with E-state index in [2.05, 4.69) is 5.32 Å². The monoisotopic (exact) mass is 379 g/mol. The van der Waals surface area contributed by atoms with Crippen molar-refractivity contribution in [3.8, 4) is 0 Å².